The van der Waals surface area contributed by atoms with Crippen molar-refractivity contribution in [1.29, 1.82) is 0 Å². The molecule has 68 heavy (non-hydrogen) atoms. The molecule has 0 aromatic carbocycles. The number of hydrogen-bond donors (Lipinski definition) is 0. The van der Waals surface area contributed by atoms with Gasteiger partial charge in [0, 0.05) is 19.3 Å². The van der Waals surface area contributed by atoms with Gasteiger partial charge in [0.1, 0.15) is 13.2 Å². The lowest BCUT2D eigenvalue weighted by Crippen LogP contribution is -2.30. The number of carbonyl (C=O) groups is 3. The smallest absolute Gasteiger partial charge is 0.306 e. The lowest BCUT2D eigenvalue weighted by molar-refractivity contribution is -0.167. The Morgan fingerprint density at radius 2 is 0.559 bits per heavy atom. The van der Waals surface area contributed by atoms with E-state index in [0.29, 0.717) is 19.3 Å². The van der Waals surface area contributed by atoms with Crippen LogP contribution in [0, 0.1) is 0 Å². The second kappa shape index (κ2) is 57.0. The van der Waals surface area contributed by atoms with E-state index in [0.717, 1.165) is 96.3 Å². The van der Waals surface area contributed by atoms with E-state index in [2.05, 4.69) is 69.4 Å². The molecule has 6 nitrogen and oxygen atoms in total. The minimum atomic E-state index is -0.774. The fraction of sp³-hybridized carbons (Fsp3) is 0.823. The van der Waals surface area contributed by atoms with E-state index in [4.69, 9.17) is 14.2 Å². The van der Waals surface area contributed by atoms with E-state index >= 15 is 0 Å². The van der Waals surface area contributed by atoms with Crippen molar-refractivity contribution < 1.29 is 28.6 Å². The van der Waals surface area contributed by atoms with Crippen LogP contribution in [-0.4, -0.2) is 37.2 Å². The third-order valence-corrected chi connectivity index (χ3v) is 13.0. The summed E-state index contributed by atoms with van der Waals surface area (Å²) in [6.07, 6.45) is 70.2. The van der Waals surface area contributed by atoms with Crippen LogP contribution in [0.1, 0.15) is 310 Å². The molecule has 0 fully saturated rings. The van der Waals surface area contributed by atoms with Crippen molar-refractivity contribution in [3.8, 4) is 0 Å². The zero-order valence-electron chi connectivity index (χ0n) is 45.4. The van der Waals surface area contributed by atoms with Crippen molar-refractivity contribution >= 4 is 17.9 Å². The molecule has 0 aliphatic carbocycles. The predicted octanol–water partition coefficient (Wildman–Crippen LogP) is 19.8. The molecule has 0 saturated carbocycles. The maximum Gasteiger partial charge on any atom is 0.306 e. The summed E-state index contributed by atoms with van der Waals surface area (Å²) in [5.74, 6) is -0.889. The Kier molecular flexibility index (Phi) is 54.8. The van der Waals surface area contributed by atoms with Crippen molar-refractivity contribution in [3.63, 3.8) is 0 Å². The minimum Gasteiger partial charge on any atom is -0.462 e. The number of hydrogen-bond acceptors (Lipinski definition) is 6. The first-order chi connectivity index (χ1) is 33.5. The number of carbonyl (C=O) groups excluding carboxylic acids is 3. The van der Waals surface area contributed by atoms with Crippen molar-refractivity contribution in [1.82, 2.24) is 0 Å². The average Bonchev–Trinajstić information content (AvgIpc) is 3.34. The van der Waals surface area contributed by atoms with Crippen LogP contribution in [-0.2, 0) is 28.6 Å². The Morgan fingerprint density at radius 3 is 0.868 bits per heavy atom. The normalized spacial score (nSPS) is 12.3. The van der Waals surface area contributed by atoms with Gasteiger partial charge in [0.05, 0.1) is 0 Å². The monoisotopic (exact) mass is 953 g/mol. The van der Waals surface area contributed by atoms with Gasteiger partial charge in [-0.1, -0.05) is 262 Å². The predicted molar refractivity (Wildman–Crippen MR) is 293 cm³/mol. The lowest BCUT2D eigenvalue weighted by Gasteiger charge is -2.18. The Labute approximate surface area is 422 Å². The van der Waals surface area contributed by atoms with Gasteiger partial charge in [0.2, 0.25) is 0 Å². The first-order valence-electron chi connectivity index (χ1n) is 29.6. The van der Waals surface area contributed by atoms with Crippen LogP contribution in [0.3, 0.4) is 0 Å². The van der Waals surface area contributed by atoms with Gasteiger partial charge in [-0.25, -0.2) is 0 Å². The van der Waals surface area contributed by atoms with E-state index in [1.54, 1.807) is 0 Å². The molecule has 6 heteroatoms. The SMILES string of the molecule is CCC/C=C\C/C=C\CCCCCCCC(=O)OC(COC(=O)CCCCCCCC)COC(=O)CCCCCCCCCCCCCCCCCCCCC/C=C\C/C=C\CCCCCCC. The van der Waals surface area contributed by atoms with E-state index in [9.17, 15) is 14.4 Å². The molecule has 0 spiro atoms. The summed E-state index contributed by atoms with van der Waals surface area (Å²) in [6.45, 7) is 6.52. The van der Waals surface area contributed by atoms with E-state index in [1.165, 1.54) is 173 Å². The molecule has 0 rings (SSSR count). The van der Waals surface area contributed by atoms with Gasteiger partial charge in [0.15, 0.2) is 6.10 Å². The van der Waals surface area contributed by atoms with Crippen LogP contribution in [0.5, 0.6) is 0 Å². The maximum absolute atomic E-state index is 12.7. The molecule has 0 saturated heterocycles. The molecule has 0 radical (unpaired) electrons. The number of esters is 3. The van der Waals surface area contributed by atoms with Crippen molar-refractivity contribution in [3.05, 3.63) is 48.6 Å². The molecule has 0 aromatic rings. The largest absolute Gasteiger partial charge is 0.462 e. The van der Waals surface area contributed by atoms with Gasteiger partial charge in [-0.3, -0.25) is 14.4 Å². The van der Waals surface area contributed by atoms with E-state index < -0.39 is 6.10 Å². The molecule has 1 unspecified atom stereocenters. The van der Waals surface area contributed by atoms with Crippen molar-refractivity contribution in [2.75, 3.05) is 13.2 Å². The molecule has 396 valence electrons. The zero-order valence-corrected chi connectivity index (χ0v) is 45.4. The summed E-state index contributed by atoms with van der Waals surface area (Å²) >= 11 is 0. The standard InChI is InChI=1S/C62H112O6/c1-4-7-10-13-16-18-20-22-23-24-25-26-27-28-29-30-31-32-33-34-35-36-37-38-39-41-42-44-46-49-52-55-61(64)67-58-59(57-66-60(63)54-51-48-15-12-9-6-3)68-62(65)56-53-50-47-45-43-40-21-19-17-14-11-8-5-2/h11,14,19-22,24-25,59H,4-10,12-13,15-18,23,26-58H2,1-3H3/b14-11-,21-19-,22-20-,25-24-. The minimum absolute atomic E-state index is 0.0758. The highest BCUT2D eigenvalue weighted by molar-refractivity contribution is 5.71. The van der Waals surface area contributed by atoms with Crippen LogP contribution >= 0.6 is 0 Å². The summed E-state index contributed by atoms with van der Waals surface area (Å²) < 4.78 is 16.7. The van der Waals surface area contributed by atoms with Gasteiger partial charge in [0.25, 0.3) is 0 Å². The fourth-order valence-electron chi connectivity index (χ4n) is 8.57. The van der Waals surface area contributed by atoms with Crippen LogP contribution in [0.25, 0.3) is 0 Å². The Bertz CT molecular complexity index is 1190. The summed E-state index contributed by atoms with van der Waals surface area (Å²) in [5.41, 5.74) is 0. The quantitative estimate of drug-likeness (QED) is 0.0262. The average molecular weight is 954 g/mol. The highest BCUT2D eigenvalue weighted by atomic mass is 16.6. The molecular weight excluding hydrogens is 841 g/mol. The molecule has 0 heterocycles. The van der Waals surface area contributed by atoms with Gasteiger partial charge < -0.3 is 14.2 Å². The first-order valence-corrected chi connectivity index (χ1v) is 29.6. The molecule has 0 aliphatic rings. The van der Waals surface area contributed by atoms with Gasteiger partial charge in [-0.15, -0.1) is 0 Å². The highest BCUT2D eigenvalue weighted by Gasteiger charge is 2.19. The molecule has 0 amide bonds. The molecule has 0 aliphatic heterocycles. The van der Waals surface area contributed by atoms with Crippen molar-refractivity contribution in [2.45, 2.75) is 316 Å². The Morgan fingerprint density at radius 1 is 0.294 bits per heavy atom. The number of unbranched alkanes of at least 4 members (excludes halogenated alkanes) is 35. The van der Waals surface area contributed by atoms with Gasteiger partial charge in [-0.2, -0.15) is 0 Å². The number of ether oxygens (including phenoxy) is 3. The molecular formula is C62H112O6. The van der Waals surface area contributed by atoms with E-state index in [-0.39, 0.29) is 31.1 Å². The third-order valence-electron chi connectivity index (χ3n) is 13.0. The number of allylic oxidation sites excluding steroid dienone is 8. The zero-order chi connectivity index (χ0) is 49.3. The molecule has 0 aromatic heterocycles. The topological polar surface area (TPSA) is 78.9 Å². The first kappa shape index (κ1) is 65.4. The van der Waals surface area contributed by atoms with Gasteiger partial charge >= 0.3 is 17.9 Å². The highest BCUT2D eigenvalue weighted by Crippen LogP contribution is 2.17. The molecule has 0 N–H and O–H groups in total. The lowest BCUT2D eigenvalue weighted by atomic mass is 10.0. The van der Waals surface area contributed by atoms with Crippen LogP contribution in [0.4, 0.5) is 0 Å². The van der Waals surface area contributed by atoms with Crippen LogP contribution in [0.2, 0.25) is 0 Å². The molecule has 0 bridgehead atoms. The number of rotatable bonds is 54. The van der Waals surface area contributed by atoms with E-state index in [1.807, 2.05) is 0 Å². The maximum atomic E-state index is 12.7. The van der Waals surface area contributed by atoms with Gasteiger partial charge in [-0.05, 0) is 77.0 Å². The summed E-state index contributed by atoms with van der Waals surface area (Å²) in [7, 11) is 0. The summed E-state index contributed by atoms with van der Waals surface area (Å²) in [5, 5.41) is 0. The van der Waals surface area contributed by atoms with Crippen LogP contribution < -0.4 is 0 Å². The summed E-state index contributed by atoms with van der Waals surface area (Å²) in [6, 6.07) is 0. The summed E-state index contributed by atoms with van der Waals surface area (Å²) in [4.78, 5) is 37.8. The van der Waals surface area contributed by atoms with Crippen molar-refractivity contribution in [2.24, 2.45) is 0 Å². The Hall–Kier alpha value is -2.63. The third kappa shape index (κ3) is 54.3. The molecule has 1 atom stereocenters. The second-order valence-electron chi connectivity index (χ2n) is 19.9. The fourth-order valence-corrected chi connectivity index (χ4v) is 8.57. The second-order valence-corrected chi connectivity index (χ2v) is 19.9. The Balaban J connectivity index is 3.95. The van der Waals surface area contributed by atoms with Crippen LogP contribution in [0.15, 0.2) is 48.6 Å².